The van der Waals surface area contributed by atoms with Crippen LogP contribution in [0.1, 0.15) is 12.8 Å². The molecule has 1 aliphatic rings. The minimum atomic E-state index is -3.68. The average Bonchev–Trinajstić information content (AvgIpc) is 3.19. The summed E-state index contributed by atoms with van der Waals surface area (Å²) in [6.45, 7) is 1.06. The SMILES string of the molecule is O=S(=O)(Nc1ccc(S(=O)(=O)N2CCCC2)cc1)c1ccc(Br)s1. The third-order valence-electron chi connectivity index (χ3n) is 3.62. The first-order valence-corrected chi connectivity index (χ1v) is 11.7. The molecule has 0 radical (unpaired) electrons. The summed E-state index contributed by atoms with van der Waals surface area (Å²) in [7, 11) is -7.17. The molecule has 0 amide bonds. The number of hydrogen-bond donors (Lipinski definition) is 1. The van der Waals surface area contributed by atoms with Gasteiger partial charge in [0.2, 0.25) is 10.0 Å². The van der Waals surface area contributed by atoms with Gasteiger partial charge in [-0.25, -0.2) is 16.8 Å². The smallest absolute Gasteiger partial charge is 0.271 e. The summed E-state index contributed by atoms with van der Waals surface area (Å²) >= 11 is 4.33. The minimum absolute atomic E-state index is 0.172. The molecule has 0 aliphatic carbocycles. The van der Waals surface area contributed by atoms with Crippen molar-refractivity contribution in [2.75, 3.05) is 17.8 Å². The topological polar surface area (TPSA) is 83.5 Å². The van der Waals surface area contributed by atoms with E-state index in [1.807, 2.05) is 0 Å². The molecule has 3 rings (SSSR count). The van der Waals surface area contributed by atoms with Crippen molar-refractivity contribution in [3.63, 3.8) is 0 Å². The molecule has 10 heteroatoms. The van der Waals surface area contributed by atoms with Gasteiger partial charge in [-0.05, 0) is 65.2 Å². The lowest BCUT2D eigenvalue weighted by atomic mass is 10.3. The standard InChI is InChI=1S/C14H15BrN2O4S3/c15-13-7-8-14(22-13)23(18,19)16-11-3-5-12(6-4-11)24(20,21)17-9-1-2-10-17/h3-8,16H,1-2,9-10H2. The molecule has 2 heterocycles. The fraction of sp³-hybridized carbons (Fsp3) is 0.286. The van der Waals surface area contributed by atoms with Crippen molar-refractivity contribution < 1.29 is 16.8 Å². The lowest BCUT2D eigenvalue weighted by molar-refractivity contribution is 0.477. The van der Waals surface area contributed by atoms with Crippen LogP contribution < -0.4 is 4.72 Å². The molecule has 0 saturated carbocycles. The minimum Gasteiger partial charge on any atom is -0.279 e. The summed E-state index contributed by atoms with van der Waals surface area (Å²) in [4.78, 5) is 0.172. The first kappa shape index (κ1) is 17.9. The van der Waals surface area contributed by atoms with Crippen molar-refractivity contribution in [2.24, 2.45) is 0 Å². The van der Waals surface area contributed by atoms with Crippen LogP contribution in [0.25, 0.3) is 0 Å². The predicted molar refractivity (Wildman–Crippen MR) is 97.3 cm³/mol. The second-order valence-electron chi connectivity index (χ2n) is 5.30. The Bertz CT molecular complexity index is 931. The van der Waals surface area contributed by atoms with Crippen molar-refractivity contribution in [3.05, 3.63) is 40.2 Å². The van der Waals surface area contributed by atoms with Gasteiger partial charge in [0.25, 0.3) is 10.0 Å². The number of benzene rings is 1. The Kier molecular flexibility index (Phi) is 5.03. The Morgan fingerprint density at radius 1 is 0.958 bits per heavy atom. The zero-order valence-corrected chi connectivity index (χ0v) is 16.5. The third-order valence-corrected chi connectivity index (χ3v) is 9.03. The van der Waals surface area contributed by atoms with Gasteiger partial charge >= 0.3 is 0 Å². The Hall–Kier alpha value is -0.940. The maximum atomic E-state index is 12.4. The zero-order chi connectivity index (χ0) is 17.4. The zero-order valence-electron chi connectivity index (χ0n) is 12.5. The molecule has 0 atom stereocenters. The monoisotopic (exact) mass is 450 g/mol. The number of thiophene rings is 1. The number of nitrogens with zero attached hydrogens (tertiary/aromatic N) is 1. The van der Waals surface area contributed by atoms with Crippen molar-refractivity contribution >= 4 is 53.0 Å². The second kappa shape index (κ2) is 6.75. The predicted octanol–water partition coefficient (Wildman–Crippen LogP) is 3.10. The van der Waals surface area contributed by atoms with E-state index in [-0.39, 0.29) is 9.10 Å². The van der Waals surface area contributed by atoms with Crippen LogP contribution in [0.5, 0.6) is 0 Å². The summed E-state index contributed by atoms with van der Waals surface area (Å²) < 4.78 is 54.2. The molecule has 130 valence electrons. The first-order chi connectivity index (χ1) is 11.3. The Morgan fingerprint density at radius 3 is 2.12 bits per heavy atom. The van der Waals surface area contributed by atoms with E-state index in [1.165, 1.54) is 34.6 Å². The molecule has 24 heavy (non-hydrogen) atoms. The Morgan fingerprint density at radius 2 is 1.58 bits per heavy atom. The van der Waals surface area contributed by atoms with Crippen LogP contribution >= 0.6 is 27.3 Å². The van der Waals surface area contributed by atoms with Gasteiger partial charge in [-0.15, -0.1) is 11.3 Å². The molecule has 2 aromatic rings. The van der Waals surface area contributed by atoms with Crippen LogP contribution in [-0.4, -0.2) is 34.2 Å². The number of nitrogens with one attached hydrogen (secondary N) is 1. The highest BCUT2D eigenvalue weighted by atomic mass is 79.9. The van der Waals surface area contributed by atoms with Crippen LogP contribution in [0.15, 0.2) is 49.3 Å². The molecule has 1 saturated heterocycles. The number of rotatable bonds is 5. The van der Waals surface area contributed by atoms with E-state index in [2.05, 4.69) is 20.7 Å². The maximum absolute atomic E-state index is 12.4. The molecule has 0 bridgehead atoms. The number of halogens is 1. The Balaban J connectivity index is 1.80. The van der Waals surface area contributed by atoms with Crippen molar-refractivity contribution in [1.29, 1.82) is 0 Å². The molecule has 1 aliphatic heterocycles. The van der Waals surface area contributed by atoms with Gasteiger partial charge in [0.1, 0.15) is 4.21 Å². The number of hydrogen-bond acceptors (Lipinski definition) is 5. The summed E-state index contributed by atoms with van der Waals surface area (Å²) in [6.07, 6.45) is 1.74. The summed E-state index contributed by atoms with van der Waals surface area (Å²) in [5.41, 5.74) is 0.319. The second-order valence-corrected chi connectivity index (χ2v) is 11.6. The van der Waals surface area contributed by atoms with E-state index in [0.717, 1.165) is 28.0 Å². The van der Waals surface area contributed by atoms with Crippen molar-refractivity contribution in [3.8, 4) is 0 Å². The molecule has 1 aromatic heterocycles. The normalized spacial score (nSPS) is 16.4. The van der Waals surface area contributed by atoms with E-state index < -0.39 is 20.0 Å². The van der Waals surface area contributed by atoms with E-state index in [4.69, 9.17) is 0 Å². The molecular weight excluding hydrogens is 436 g/mol. The van der Waals surface area contributed by atoms with Gasteiger partial charge in [0.15, 0.2) is 0 Å². The highest BCUT2D eigenvalue weighted by Gasteiger charge is 2.27. The number of anilines is 1. The van der Waals surface area contributed by atoms with Gasteiger partial charge in [-0.3, -0.25) is 4.72 Å². The quantitative estimate of drug-likeness (QED) is 0.758. The average molecular weight is 451 g/mol. The molecule has 0 unspecified atom stereocenters. The van der Waals surface area contributed by atoms with Gasteiger partial charge in [-0.2, -0.15) is 4.31 Å². The van der Waals surface area contributed by atoms with Crippen LogP contribution in [0.3, 0.4) is 0 Å². The maximum Gasteiger partial charge on any atom is 0.271 e. The summed E-state index contributed by atoms with van der Waals surface area (Å²) in [5, 5.41) is 0. The van der Waals surface area contributed by atoms with Crippen LogP contribution in [0.4, 0.5) is 5.69 Å². The van der Waals surface area contributed by atoms with Gasteiger partial charge in [0.05, 0.1) is 8.68 Å². The van der Waals surface area contributed by atoms with E-state index in [9.17, 15) is 16.8 Å². The van der Waals surface area contributed by atoms with E-state index >= 15 is 0 Å². The van der Waals surface area contributed by atoms with Crippen LogP contribution in [-0.2, 0) is 20.0 Å². The third kappa shape index (κ3) is 3.67. The molecular formula is C14H15BrN2O4S3. The van der Waals surface area contributed by atoms with Gasteiger partial charge in [0, 0.05) is 18.8 Å². The largest absolute Gasteiger partial charge is 0.279 e. The van der Waals surface area contributed by atoms with E-state index in [0.29, 0.717) is 18.8 Å². The molecule has 6 nitrogen and oxygen atoms in total. The fourth-order valence-corrected chi connectivity index (χ4v) is 7.01. The lowest BCUT2D eigenvalue weighted by Gasteiger charge is -2.15. The summed E-state index contributed by atoms with van der Waals surface area (Å²) in [5.74, 6) is 0. The van der Waals surface area contributed by atoms with Gasteiger partial charge < -0.3 is 0 Å². The molecule has 1 aromatic carbocycles. The highest BCUT2D eigenvalue weighted by molar-refractivity contribution is 9.11. The molecule has 0 spiro atoms. The fourth-order valence-electron chi connectivity index (χ4n) is 2.42. The van der Waals surface area contributed by atoms with Crippen LogP contribution in [0, 0.1) is 0 Å². The highest BCUT2D eigenvalue weighted by Crippen LogP contribution is 2.28. The molecule has 1 fully saturated rings. The molecule has 1 N–H and O–H groups in total. The van der Waals surface area contributed by atoms with E-state index in [1.54, 1.807) is 6.07 Å². The van der Waals surface area contributed by atoms with Gasteiger partial charge in [-0.1, -0.05) is 0 Å². The lowest BCUT2D eigenvalue weighted by Crippen LogP contribution is -2.27. The van der Waals surface area contributed by atoms with Crippen LogP contribution in [0.2, 0.25) is 0 Å². The Labute approximate surface area is 153 Å². The number of sulfonamides is 2. The van der Waals surface area contributed by atoms with Crippen molar-refractivity contribution in [2.45, 2.75) is 21.9 Å². The van der Waals surface area contributed by atoms with Crippen molar-refractivity contribution in [1.82, 2.24) is 4.31 Å². The first-order valence-electron chi connectivity index (χ1n) is 7.17. The summed E-state index contributed by atoms with van der Waals surface area (Å²) in [6, 6.07) is 8.94.